The summed E-state index contributed by atoms with van der Waals surface area (Å²) in [6.07, 6.45) is 1.46. The summed E-state index contributed by atoms with van der Waals surface area (Å²) in [5.74, 6) is 0.158. The Hall–Kier alpha value is -2.42. The van der Waals surface area contributed by atoms with Crippen molar-refractivity contribution in [3.63, 3.8) is 0 Å². The van der Waals surface area contributed by atoms with E-state index < -0.39 is 5.25 Å². The van der Waals surface area contributed by atoms with Gasteiger partial charge >= 0.3 is 0 Å². The van der Waals surface area contributed by atoms with Gasteiger partial charge in [0.05, 0.1) is 34.3 Å². The quantitative estimate of drug-likeness (QED) is 0.468. The molecule has 0 aliphatic heterocycles. The van der Waals surface area contributed by atoms with Gasteiger partial charge in [0.1, 0.15) is 5.82 Å². The van der Waals surface area contributed by atoms with Crippen molar-refractivity contribution in [3.8, 4) is 0 Å². The molecule has 1 N–H and O–H groups in total. The van der Waals surface area contributed by atoms with Crippen LogP contribution in [0.1, 0.15) is 6.92 Å². The van der Waals surface area contributed by atoms with Gasteiger partial charge < -0.3 is 10.1 Å². The maximum Gasteiger partial charge on any atom is 0.262 e. The van der Waals surface area contributed by atoms with Gasteiger partial charge in [-0.2, -0.15) is 0 Å². The highest BCUT2D eigenvalue weighted by Crippen LogP contribution is 2.23. The van der Waals surface area contributed by atoms with Crippen molar-refractivity contribution in [2.75, 3.05) is 19.0 Å². The fourth-order valence-electron chi connectivity index (χ4n) is 2.51. The number of halogens is 1. The second-order valence-electron chi connectivity index (χ2n) is 5.97. The van der Waals surface area contributed by atoms with E-state index in [4.69, 9.17) is 16.3 Å². The number of anilines is 1. The summed E-state index contributed by atoms with van der Waals surface area (Å²) in [6.45, 7) is 2.46. The molecule has 1 amide bonds. The Bertz CT molecular complexity index is 1040. The Morgan fingerprint density at radius 2 is 2.11 bits per heavy atom. The number of methoxy groups -OCH3 is 1. The maximum atomic E-state index is 12.9. The van der Waals surface area contributed by atoms with Crippen molar-refractivity contribution in [2.24, 2.45) is 0 Å². The lowest BCUT2D eigenvalue weighted by Gasteiger charge is -2.16. The van der Waals surface area contributed by atoms with Crippen LogP contribution in [-0.2, 0) is 16.1 Å². The lowest BCUT2D eigenvalue weighted by molar-refractivity contribution is -0.115. The highest BCUT2D eigenvalue weighted by Gasteiger charge is 2.20. The number of benzene rings is 1. The first-order chi connectivity index (χ1) is 13.5. The van der Waals surface area contributed by atoms with Crippen molar-refractivity contribution < 1.29 is 9.53 Å². The lowest BCUT2D eigenvalue weighted by Crippen LogP contribution is -2.28. The van der Waals surface area contributed by atoms with Crippen LogP contribution in [0.5, 0.6) is 0 Å². The maximum absolute atomic E-state index is 12.9. The Morgan fingerprint density at radius 1 is 1.32 bits per heavy atom. The molecular weight excluding hydrogens is 400 g/mol. The van der Waals surface area contributed by atoms with Crippen LogP contribution in [0, 0.1) is 0 Å². The predicted octanol–water partition coefficient (Wildman–Crippen LogP) is 3.21. The van der Waals surface area contributed by atoms with Gasteiger partial charge in [-0.3, -0.25) is 14.2 Å². The number of amides is 1. The van der Waals surface area contributed by atoms with Crippen LogP contribution >= 0.6 is 23.4 Å². The number of carbonyl (C=O) groups is 1. The molecule has 2 aromatic heterocycles. The number of carbonyl (C=O) groups excluding carboxylic acids is 1. The summed E-state index contributed by atoms with van der Waals surface area (Å²) in [5.41, 5.74) is 0.438. The molecule has 0 aliphatic carbocycles. The fraction of sp³-hybridized carbons (Fsp3) is 0.263. The zero-order chi connectivity index (χ0) is 20.1. The van der Waals surface area contributed by atoms with Crippen molar-refractivity contribution in [3.05, 3.63) is 58.0 Å². The number of pyridine rings is 1. The number of hydrogen-bond donors (Lipinski definition) is 1. The second kappa shape index (κ2) is 9.18. The van der Waals surface area contributed by atoms with Crippen LogP contribution in [0.25, 0.3) is 10.9 Å². The molecule has 0 fully saturated rings. The second-order valence-corrected chi connectivity index (χ2v) is 7.72. The molecule has 0 aliphatic rings. The predicted molar refractivity (Wildman–Crippen MR) is 111 cm³/mol. The third-order valence-electron chi connectivity index (χ3n) is 3.98. The van der Waals surface area contributed by atoms with Gasteiger partial charge in [-0.05, 0) is 31.2 Å². The molecule has 1 aromatic carbocycles. The molecule has 146 valence electrons. The first kappa shape index (κ1) is 20.3. The molecule has 2 heterocycles. The fourth-order valence-corrected chi connectivity index (χ4v) is 3.55. The van der Waals surface area contributed by atoms with E-state index in [0.29, 0.717) is 40.1 Å². The minimum atomic E-state index is -0.501. The summed E-state index contributed by atoms with van der Waals surface area (Å²) in [6, 6.07) is 10.4. The number of rotatable bonds is 7. The van der Waals surface area contributed by atoms with Gasteiger partial charge in [-0.1, -0.05) is 35.5 Å². The van der Waals surface area contributed by atoms with Gasteiger partial charge in [0, 0.05) is 13.3 Å². The number of hydrogen-bond acceptors (Lipinski definition) is 6. The number of ether oxygens (including phenoxy) is 1. The molecule has 0 saturated heterocycles. The highest BCUT2D eigenvalue weighted by atomic mass is 35.5. The van der Waals surface area contributed by atoms with Crippen LogP contribution in [0.4, 0.5) is 5.82 Å². The van der Waals surface area contributed by atoms with E-state index in [0.717, 1.165) is 0 Å². The zero-order valence-corrected chi connectivity index (χ0v) is 17.0. The van der Waals surface area contributed by atoms with Gasteiger partial charge in [0.25, 0.3) is 5.56 Å². The molecule has 3 rings (SSSR count). The summed E-state index contributed by atoms with van der Waals surface area (Å²) < 4.78 is 6.66. The molecule has 0 unspecified atom stereocenters. The van der Waals surface area contributed by atoms with E-state index in [9.17, 15) is 9.59 Å². The van der Waals surface area contributed by atoms with Crippen molar-refractivity contribution in [2.45, 2.75) is 23.9 Å². The highest BCUT2D eigenvalue weighted by molar-refractivity contribution is 8.00. The number of para-hydroxylation sites is 1. The third kappa shape index (κ3) is 4.70. The topological polar surface area (TPSA) is 86.1 Å². The molecule has 0 bridgehead atoms. The number of thioether (sulfide) groups is 1. The summed E-state index contributed by atoms with van der Waals surface area (Å²) in [5, 5.41) is 3.72. The molecular formula is C19H19ClN4O3S. The number of nitrogens with zero attached hydrogens (tertiary/aromatic N) is 3. The van der Waals surface area contributed by atoms with Gasteiger partial charge in [-0.15, -0.1) is 0 Å². The number of nitrogens with one attached hydrogen (secondary N) is 1. The van der Waals surface area contributed by atoms with Crippen molar-refractivity contribution in [1.82, 2.24) is 14.5 Å². The Morgan fingerprint density at radius 3 is 2.82 bits per heavy atom. The molecule has 28 heavy (non-hydrogen) atoms. The van der Waals surface area contributed by atoms with E-state index >= 15 is 0 Å². The van der Waals surface area contributed by atoms with Crippen molar-refractivity contribution >= 4 is 46.0 Å². The normalized spacial score (nSPS) is 12.1. The third-order valence-corrected chi connectivity index (χ3v) is 5.29. The molecule has 0 saturated carbocycles. The lowest BCUT2D eigenvalue weighted by atomic mass is 10.2. The SMILES string of the molecule is COCCn1c(S[C@@H](C)C(=O)Nc2ccc(Cl)cn2)nc2ccccc2c1=O. The largest absolute Gasteiger partial charge is 0.383 e. The van der Waals surface area contributed by atoms with Crippen LogP contribution in [0.15, 0.2) is 52.5 Å². The van der Waals surface area contributed by atoms with Crippen LogP contribution in [-0.4, -0.2) is 39.4 Å². The van der Waals surface area contributed by atoms with Crippen LogP contribution in [0.3, 0.4) is 0 Å². The van der Waals surface area contributed by atoms with E-state index in [1.165, 1.54) is 18.0 Å². The first-order valence-electron chi connectivity index (χ1n) is 8.57. The van der Waals surface area contributed by atoms with Gasteiger partial charge in [0.15, 0.2) is 5.16 Å². The number of aromatic nitrogens is 3. The molecule has 0 spiro atoms. The first-order valence-corrected chi connectivity index (χ1v) is 9.83. The monoisotopic (exact) mass is 418 g/mol. The average molecular weight is 419 g/mol. The van der Waals surface area contributed by atoms with E-state index in [-0.39, 0.29) is 11.5 Å². The number of fused-ring (bicyclic) bond motifs is 1. The zero-order valence-electron chi connectivity index (χ0n) is 15.4. The minimum absolute atomic E-state index is 0.155. The summed E-state index contributed by atoms with van der Waals surface area (Å²) in [7, 11) is 1.57. The Kier molecular flexibility index (Phi) is 6.66. The standard InChI is InChI=1S/C19H19ClN4O3S/c1-12(17(25)23-16-8-7-13(20)11-21-16)28-19-22-15-6-4-3-5-14(15)18(26)24(19)9-10-27-2/h3-8,11-12H,9-10H2,1-2H3,(H,21,23,25)/t12-/m0/s1. The summed E-state index contributed by atoms with van der Waals surface area (Å²) in [4.78, 5) is 34.0. The van der Waals surface area contributed by atoms with E-state index in [2.05, 4.69) is 15.3 Å². The van der Waals surface area contributed by atoms with E-state index in [1.807, 2.05) is 6.07 Å². The Labute approximate surface area is 171 Å². The van der Waals surface area contributed by atoms with Crippen LogP contribution in [0.2, 0.25) is 5.02 Å². The molecule has 1 atom stereocenters. The van der Waals surface area contributed by atoms with Crippen molar-refractivity contribution in [1.29, 1.82) is 0 Å². The van der Waals surface area contributed by atoms with Gasteiger partial charge in [-0.25, -0.2) is 9.97 Å². The van der Waals surface area contributed by atoms with E-state index in [1.54, 1.807) is 48.9 Å². The molecule has 3 aromatic rings. The Balaban J connectivity index is 1.86. The minimum Gasteiger partial charge on any atom is -0.383 e. The molecule has 9 heteroatoms. The smallest absolute Gasteiger partial charge is 0.262 e. The average Bonchev–Trinajstić information content (AvgIpc) is 2.69. The molecule has 0 radical (unpaired) electrons. The van der Waals surface area contributed by atoms with Crippen LogP contribution < -0.4 is 10.9 Å². The molecule has 7 nitrogen and oxygen atoms in total. The summed E-state index contributed by atoms with van der Waals surface area (Å²) >= 11 is 7.02. The van der Waals surface area contributed by atoms with Gasteiger partial charge in [0.2, 0.25) is 5.91 Å².